The number of aryl methyl sites for hydroxylation is 2. The third kappa shape index (κ3) is 4.44. The van der Waals surface area contributed by atoms with E-state index in [-0.39, 0.29) is 17.9 Å². The van der Waals surface area contributed by atoms with Gasteiger partial charge in [0.25, 0.3) is 5.91 Å². The monoisotopic (exact) mass is 324 g/mol. The fourth-order valence-corrected chi connectivity index (χ4v) is 2.41. The molecule has 0 aliphatic heterocycles. The van der Waals surface area contributed by atoms with Crippen molar-refractivity contribution in [2.45, 2.75) is 39.8 Å². The number of benzene rings is 2. The maximum atomic E-state index is 12.6. The zero-order valence-electron chi connectivity index (χ0n) is 14.6. The Morgan fingerprint density at radius 2 is 1.54 bits per heavy atom. The van der Waals surface area contributed by atoms with Crippen molar-refractivity contribution in [3.05, 3.63) is 70.8 Å². The van der Waals surface area contributed by atoms with Gasteiger partial charge in [-0.15, -0.1) is 0 Å². The smallest absolute Gasteiger partial charge is 0.252 e. The molecular weight excluding hydrogens is 300 g/mol. The number of hydrogen-bond acceptors (Lipinski definition) is 2. The number of rotatable bonds is 5. The standard InChI is InChI=1S/C20H24N2O2/c1-13(2)21-20(24)18(16-8-6-5-7-9-16)22-19(23)17-11-10-14(3)15(4)12-17/h5-13,18H,1-4H3,(H,21,24)(H,22,23)/t18-/m0/s1. The first-order valence-corrected chi connectivity index (χ1v) is 8.12. The summed E-state index contributed by atoms with van der Waals surface area (Å²) in [5.41, 5.74) is 3.48. The highest BCUT2D eigenvalue weighted by Crippen LogP contribution is 2.16. The number of carbonyl (C=O) groups is 2. The van der Waals surface area contributed by atoms with E-state index >= 15 is 0 Å². The van der Waals surface area contributed by atoms with Crippen LogP contribution in [0.25, 0.3) is 0 Å². The van der Waals surface area contributed by atoms with Gasteiger partial charge in [0.15, 0.2) is 0 Å². The molecule has 0 unspecified atom stereocenters. The van der Waals surface area contributed by atoms with Crippen LogP contribution < -0.4 is 10.6 Å². The molecule has 0 saturated heterocycles. The topological polar surface area (TPSA) is 58.2 Å². The third-order valence-corrected chi connectivity index (χ3v) is 3.87. The zero-order valence-corrected chi connectivity index (χ0v) is 14.6. The molecule has 2 N–H and O–H groups in total. The van der Waals surface area contributed by atoms with Crippen molar-refractivity contribution in [1.82, 2.24) is 10.6 Å². The lowest BCUT2D eigenvalue weighted by Crippen LogP contribution is -2.42. The van der Waals surface area contributed by atoms with Crippen molar-refractivity contribution in [3.63, 3.8) is 0 Å². The van der Waals surface area contributed by atoms with E-state index in [0.29, 0.717) is 5.56 Å². The average molecular weight is 324 g/mol. The number of hydrogen-bond donors (Lipinski definition) is 2. The van der Waals surface area contributed by atoms with Crippen LogP contribution in [-0.4, -0.2) is 17.9 Å². The van der Waals surface area contributed by atoms with E-state index in [9.17, 15) is 9.59 Å². The van der Waals surface area contributed by atoms with E-state index in [4.69, 9.17) is 0 Å². The molecule has 126 valence electrons. The summed E-state index contributed by atoms with van der Waals surface area (Å²) in [5, 5.41) is 5.72. The van der Waals surface area contributed by atoms with Crippen LogP contribution in [0.1, 0.15) is 46.9 Å². The number of carbonyl (C=O) groups excluding carboxylic acids is 2. The van der Waals surface area contributed by atoms with Crippen LogP contribution in [0.3, 0.4) is 0 Å². The van der Waals surface area contributed by atoms with E-state index in [1.807, 2.05) is 70.2 Å². The molecule has 0 saturated carbocycles. The van der Waals surface area contributed by atoms with Crippen molar-refractivity contribution in [1.29, 1.82) is 0 Å². The first kappa shape index (κ1) is 17.7. The van der Waals surface area contributed by atoms with Gasteiger partial charge in [-0.25, -0.2) is 0 Å². The van der Waals surface area contributed by atoms with Crippen LogP contribution in [0.2, 0.25) is 0 Å². The van der Waals surface area contributed by atoms with Gasteiger partial charge in [0.05, 0.1) is 0 Å². The Morgan fingerprint density at radius 1 is 0.875 bits per heavy atom. The van der Waals surface area contributed by atoms with Gasteiger partial charge >= 0.3 is 0 Å². The van der Waals surface area contributed by atoms with E-state index in [1.165, 1.54) is 0 Å². The second-order valence-electron chi connectivity index (χ2n) is 6.28. The summed E-state index contributed by atoms with van der Waals surface area (Å²) < 4.78 is 0. The van der Waals surface area contributed by atoms with Crippen molar-refractivity contribution in [3.8, 4) is 0 Å². The summed E-state index contributed by atoms with van der Waals surface area (Å²) in [7, 11) is 0. The molecule has 4 nitrogen and oxygen atoms in total. The lowest BCUT2D eigenvalue weighted by atomic mass is 10.0. The summed E-state index contributed by atoms with van der Waals surface area (Å²) in [5.74, 6) is -0.473. The fourth-order valence-electron chi connectivity index (χ4n) is 2.41. The quantitative estimate of drug-likeness (QED) is 0.886. The fraction of sp³-hybridized carbons (Fsp3) is 0.300. The SMILES string of the molecule is Cc1ccc(C(=O)N[C@H](C(=O)NC(C)C)c2ccccc2)cc1C. The molecule has 2 rings (SSSR count). The number of amides is 2. The van der Waals surface area contributed by atoms with E-state index in [1.54, 1.807) is 6.07 Å². The molecular formula is C20H24N2O2. The molecule has 0 aliphatic carbocycles. The zero-order chi connectivity index (χ0) is 17.7. The molecule has 0 fully saturated rings. The van der Waals surface area contributed by atoms with Crippen LogP contribution >= 0.6 is 0 Å². The van der Waals surface area contributed by atoms with Gasteiger partial charge in [-0.05, 0) is 56.5 Å². The molecule has 4 heteroatoms. The molecule has 0 heterocycles. The van der Waals surface area contributed by atoms with Crippen LogP contribution in [-0.2, 0) is 4.79 Å². The highest BCUT2D eigenvalue weighted by atomic mass is 16.2. The lowest BCUT2D eigenvalue weighted by Gasteiger charge is -2.20. The van der Waals surface area contributed by atoms with Crippen molar-refractivity contribution < 1.29 is 9.59 Å². The maximum Gasteiger partial charge on any atom is 0.252 e. The molecule has 0 spiro atoms. The van der Waals surface area contributed by atoms with Crippen LogP contribution in [0, 0.1) is 13.8 Å². The Balaban J connectivity index is 2.25. The molecule has 2 aromatic rings. The van der Waals surface area contributed by atoms with E-state index < -0.39 is 6.04 Å². The van der Waals surface area contributed by atoms with Gasteiger partial charge in [0.1, 0.15) is 6.04 Å². The van der Waals surface area contributed by atoms with Gasteiger partial charge in [0.2, 0.25) is 5.91 Å². The van der Waals surface area contributed by atoms with E-state index in [0.717, 1.165) is 16.7 Å². The Bertz CT molecular complexity index is 724. The Labute approximate surface area is 143 Å². The third-order valence-electron chi connectivity index (χ3n) is 3.87. The van der Waals surface area contributed by atoms with Crippen molar-refractivity contribution in [2.75, 3.05) is 0 Å². The van der Waals surface area contributed by atoms with Gasteiger partial charge in [-0.3, -0.25) is 9.59 Å². The average Bonchev–Trinajstić information content (AvgIpc) is 2.55. The molecule has 0 aromatic heterocycles. The predicted molar refractivity (Wildman–Crippen MR) is 95.8 cm³/mol. The summed E-state index contributed by atoms with van der Waals surface area (Å²) in [6.07, 6.45) is 0. The second kappa shape index (κ2) is 7.77. The molecule has 2 amide bonds. The first-order valence-electron chi connectivity index (χ1n) is 8.12. The summed E-state index contributed by atoms with van der Waals surface area (Å²) in [6, 6.07) is 14.1. The highest BCUT2D eigenvalue weighted by Gasteiger charge is 2.23. The van der Waals surface area contributed by atoms with Gasteiger partial charge < -0.3 is 10.6 Å². The predicted octanol–water partition coefficient (Wildman–Crippen LogP) is 3.30. The number of nitrogens with one attached hydrogen (secondary N) is 2. The summed E-state index contributed by atoms with van der Waals surface area (Å²) in [6.45, 7) is 7.75. The highest BCUT2D eigenvalue weighted by molar-refractivity contribution is 5.98. The van der Waals surface area contributed by atoms with Crippen LogP contribution in [0.15, 0.2) is 48.5 Å². The van der Waals surface area contributed by atoms with Crippen LogP contribution in [0.5, 0.6) is 0 Å². The van der Waals surface area contributed by atoms with Gasteiger partial charge in [-0.1, -0.05) is 36.4 Å². The molecule has 24 heavy (non-hydrogen) atoms. The van der Waals surface area contributed by atoms with Gasteiger partial charge in [-0.2, -0.15) is 0 Å². The largest absolute Gasteiger partial charge is 0.352 e. The minimum Gasteiger partial charge on any atom is -0.352 e. The van der Waals surface area contributed by atoms with Crippen molar-refractivity contribution in [2.24, 2.45) is 0 Å². The Hall–Kier alpha value is -2.62. The second-order valence-corrected chi connectivity index (χ2v) is 6.28. The first-order chi connectivity index (χ1) is 11.4. The minimum atomic E-state index is -0.720. The van der Waals surface area contributed by atoms with Gasteiger partial charge in [0, 0.05) is 11.6 Å². The molecule has 0 aliphatic rings. The van der Waals surface area contributed by atoms with Crippen LogP contribution in [0.4, 0.5) is 0 Å². The van der Waals surface area contributed by atoms with Crippen molar-refractivity contribution >= 4 is 11.8 Å². The summed E-state index contributed by atoms with van der Waals surface area (Å²) >= 11 is 0. The maximum absolute atomic E-state index is 12.6. The molecule has 1 atom stereocenters. The normalized spacial score (nSPS) is 11.9. The molecule has 2 aromatic carbocycles. The minimum absolute atomic E-state index is 0.00207. The Morgan fingerprint density at radius 3 is 2.12 bits per heavy atom. The lowest BCUT2D eigenvalue weighted by molar-refractivity contribution is -0.123. The summed E-state index contributed by atoms with van der Waals surface area (Å²) in [4.78, 5) is 25.1. The molecule has 0 radical (unpaired) electrons. The Kier molecular flexibility index (Phi) is 5.74. The molecule has 0 bridgehead atoms. The van der Waals surface area contributed by atoms with E-state index in [2.05, 4.69) is 10.6 Å².